The molecule has 0 saturated carbocycles. The lowest BCUT2D eigenvalue weighted by Gasteiger charge is -2.13. The van der Waals surface area contributed by atoms with E-state index < -0.39 is 0 Å². The van der Waals surface area contributed by atoms with Gasteiger partial charge in [-0.05, 0) is 49.6 Å². The third-order valence-corrected chi connectivity index (χ3v) is 4.26. The second kappa shape index (κ2) is 6.86. The van der Waals surface area contributed by atoms with Crippen LogP contribution in [0.4, 0.5) is 0 Å². The zero-order valence-corrected chi connectivity index (χ0v) is 15.4. The van der Waals surface area contributed by atoms with Gasteiger partial charge in [0.15, 0.2) is 0 Å². The minimum atomic E-state index is 0.447. The van der Waals surface area contributed by atoms with Crippen molar-refractivity contribution in [2.45, 2.75) is 40.8 Å². The molecule has 24 heavy (non-hydrogen) atoms. The Morgan fingerprint density at radius 1 is 1.12 bits per heavy atom. The van der Waals surface area contributed by atoms with Gasteiger partial charge < -0.3 is 9.30 Å². The van der Waals surface area contributed by atoms with Gasteiger partial charge in [-0.2, -0.15) is 0 Å². The fourth-order valence-corrected chi connectivity index (χ4v) is 3.09. The zero-order chi connectivity index (χ0) is 17.3. The molecule has 126 valence electrons. The van der Waals surface area contributed by atoms with Crippen LogP contribution in [0.15, 0.2) is 36.4 Å². The first-order valence-electron chi connectivity index (χ1n) is 8.29. The molecule has 4 heteroatoms. The number of benzene rings is 2. The van der Waals surface area contributed by atoms with Crippen LogP contribution in [0.1, 0.15) is 30.8 Å². The molecule has 1 aromatic heterocycles. The standard InChI is InChI=1S/C20H23ClN2O/c1-13(2)11-23-18-10-16(21)6-7-17(18)22-20(23)12-24-19-8-5-14(3)9-15(19)4/h5-10,13H,11-12H2,1-4H3. The van der Waals surface area contributed by atoms with Crippen LogP contribution in [0.25, 0.3) is 11.0 Å². The quantitative estimate of drug-likeness (QED) is 0.608. The molecule has 3 rings (SSSR count). The molecule has 0 bridgehead atoms. The molecule has 0 saturated heterocycles. The second-order valence-corrected chi connectivity index (χ2v) is 7.16. The lowest BCUT2D eigenvalue weighted by molar-refractivity contribution is 0.285. The van der Waals surface area contributed by atoms with Gasteiger partial charge in [-0.3, -0.25) is 0 Å². The average Bonchev–Trinajstić information content (AvgIpc) is 2.83. The van der Waals surface area contributed by atoms with Gasteiger partial charge in [-0.1, -0.05) is 43.1 Å². The van der Waals surface area contributed by atoms with Crippen molar-refractivity contribution in [3.8, 4) is 5.75 Å². The van der Waals surface area contributed by atoms with Gasteiger partial charge in [0, 0.05) is 11.6 Å². The summed E-state index contributed by atoms with van der Waals surface area (Å²) < 4.78 is 8.26. The maximum atomic E-state index is 6.17. The molecule has 3 aromatic rings. The van der Waals surface area contributed by atoms with Crippen molar-refractivity contribution in [3.63, 3.8) is 0 Å². The Kier molecular flexibility index (Phi) is 4.81. The van der Waals surface area contributed by atoms with E-state index in [1.807, 2.05) is 24.3 Å². The van der Waals surface area contributed by atoms with E-state index in [9.17, 15) is 0 Å². The fourth-order valence-electron chi connectivity index (χ4n) is 2.93. The van der Waals surface area contributed by atoms with Crippen molar-refractivity contribution in [2.75, 3.05) is 0 Å². The van der Waals surface area contributed by atoms with Crippen molar-refractivity contribution in [2.24, 2.45) is 5.92 Å². The molecule has 3 nitrogen and oxygen atoms in total. The highest BCUT2D eigenvalue weighted by atomic mass is 35.5. The number of halogens is 1. The summed E-state index contributed by atoms with van der Waals surface area (Å²) in [5.41, 5.74) is 4.40. The van der Waals surface area contributed by atoms with Gasteiger partial charge in [0.2, 0.25) is 0 Å². The third-order valence-electron chi connectivity index (χ3n) is 4.02. The highest BCUT2D eigenvalue weighted by Gasteiger charge is 2.13. The molecule has 0 amide bonds. The summed E-state index contributed by atoms with van der Waals surface area (Å²) in [4.78, 5) is 4.75. The predicted octanol–water partition coefficient (Wildman–Crippen LogP) is 5.54. The Hall–Kier alpha value is -2.00. The Labute approximate surface area is 148 Å². The van der Waals surface area contributed by atoms with E-state index in [0.717, 1.165) is 39.7 Å². The van der Waals surface area contributed by atoms with Gasteiger partial charge in [-0.15, -0.1) is 0 Å². The Morgan fingerprint density at radius 2 is 1.92 bits per heavy atom. The largest absolute Gasteiger partial charge is 0.485 e. The van der Waals surface area contributed by atoms with E-state index in [1.165, 1.54) is 5.56 Å². The van der Waals surface area contributed by atoms with Crippen molar-refractivity contribution < 1.29 is 4.74 Å². The molecule has 0 unspecified atom stereocenters. The van der Waals surface area contributed by atoms with Crippen molar-refractivity contribution >= 4 is 22.6 Å². The molecule has 1 heterocycles. The van der Waals surface area contributed by atoms with Crippen LogP contribution in [0.2, 0.25) is 5.02 Å². The van der Waals surface area contributed by atoms with Gasteiger partial charge in [0.1, 0.15) is 18.2 Å². The van der Waals surface area contributed by atoms with Crippen LogP contribution in [0, 0.1) is 19.8 Å². The van der Waals surface area contributed by atoms with Crippen LogP contribution >= 0.6 is 11.6 Å². The van der Waals surface area contributed by atoms with Gasteiger partial charge >= 0.3 is 0 Å². The van der Waals surface area contributed by atoms with E-state index in [4.69, 9.17) is 21.3 Å². The number of ether oxygens (including phenoxy) is 1. The number of rotatable bonds is 5. The summed E-state index contributed by atoms with van der Waals surface area (Å²) >= 11 is 6.17. The molecule has 0 aliphatic rings. The smallest absolute Gasteiger partial charge is 0.148 e. The number of nitrogens with zero attached hydrogens (tertiary/aromatic N) is 2. The molecule has 0 aliphatic heterocycles. The number of aryl methyl sites for hydroxylation is 2. The minimum Gasteiger partial charge on any atom is -0.485 e. The molecule has 0 spiro atoms. The Bertz CT molecular complexity index is 867. The highest BCUT2D eigenvalue weighted by molar-refractivity contribution is 6.31. The molecule has 0 radical (unpaired) electrons. The molecule has 0 aliphatic carbocycles. The summed E-state index contributed by atoms with van der Waals surface area (Å²) in [5, 5.41) is 0.731. The number of hydrogen-bond donors (Lipinski definition) is 0. The number of imidazole rings is 1. The summed E-state index contributed by atoms with van der Waals surface area (Å²) in [5.74, 6) is 2.35. The number of hydrogen-bond acceptors (Lipinski definition) is 2. The predicted molar refractivity (Wildman–Crippen MR) is 99.8 cm³/mol. The van der Waals surface area contributed by atoms with Crippen LogP contribution < -0.4 is 4.74 Å². The lowest BCUT2D eigenvalue weighted by atomic mass is 10.1. The first-order chi connectivity index (χ1) is 11.4. The van der Waals surface area contributed by atoms with E-state index in [-0.39, 0.29) is 0 Å². The van der Waals surface area contributed by atoms with Crippen LogP contribution in [-0.4, -0.2) is 9.55 Å². The zero-order valence-electron chi connectivity index (χ0n) is 14.6. The van der Waals surface area contributed by atoms with E-state index in [0.29, 0.717) is 12.5 Å². The van der Waals surface area contributed by atoms with Crippen molar-refractivity contribution in [3.05, 3.63) is 58.4 Å². The second-order valence-electron chi connectivity index (χ2n) is 6.72. The van der Waals surface area contributed by atoms with Crippen LogP contribution in [-0.2, 0) is 13.2 Å². The van der Waals surface area contributed by atoms with Gasteiger partial charge in [0.05, 0.1) is 11.0 Å². The summed E-state index contributed by atoms with van der Waals surface area (Å²) in [6.07, 6.45) is 0. The maximum absolute atomic E-state index is 6.17. The molecule has 2 aromatic carbocycles. The molecule has 0 fully saturated rings. The van der Waals surface area contributed by atoms with E-state index in [1.54, 1.807) is 0 Å². The lowest BCUT2D eigenvalue weighted by Crippen LogP contribution is -2.11. The number of fused-ring (bicyclic) bond motifs is 1. The molecule has 0 N–H and O–H groups in total. The minimum absolute atomic E-state index is 0.447. The molecular weight excluding hydrogens is 320 g/mol. The normalized spacial score (nSPS) is 11.4. The summed E-state index contributed by atoms with van der Waals surface area (Å²) in [6, 6.07) is 12.1. The monoisotopic (exact) mass is 342 g/mol. The summed E-state index contributed by atoms with van der Waals surface area (Å²) in [6.45, 7) is 9.89. The maximum Gasteiger partial charge on any atom is 0.148 e. The molecular formula is C20H23ClN2O. The van der Waals surface area contributed by atoms with Crippen molar-refractivity contribution in [1.82, 2.24) is 9.55 Å². The topological polar surface area (TPSA) is 27.1 Å². The Morgan fingerprint density at radius 3 is 2.62 bits per heavy atom. The first kappa shape index (κ1) is 16.8. The SMILES string of the molecule is Cc1ccc(OCc2nc3ccc(Cl)cc3n2CC(C)C)c(C)c1. The average molecular weight is 343 g/mol. The van der Waals surface area contributed by atoms with Gasteiger partial charge in [-0.25, -0.2) is 4.98 Å². The van der Waals surface area contributed by atoms with Gasteiger partial charge in [0.25, 0.3) is 0 Å². The highest BCUT2D eigenvalue weighted by Crippen LogP contribution is 2.24. The third kappa shape index (κ3) is 3.57. The van der Waals surface area contributed by atoms with E-state index >= 15 is 0 Å². The first-order valence-corrected chi connectivity index (χ1v) is 8.66. The molecule has 0 atom stereocenters. The van der Waals surface area contributed by atoms with Crippen LogP contribution in [0.5, 0.6) is 5.75 Å². The van der Waals surface area contributed by atoms with Crippen molar-refractivity contribution in [1.29, 1.82) is 0 Å². The van der Waals surface area contributed by atoms with E-state index in [2.05, 4.69) is 44.4 Å². The summed E-state index contributed by atoms with van der Waals surface area (Å²) in [7, 11) is 0. The number of aromatic nitrogens is 2. The fraction of sp³-hybridized carbons (Fsp3) is 0.350. The Balaban J connectivity index is 1.93. The van der Waals surface area contributed by atoms with Crippen LogP contribution in [0.3, 0.4) is 0 Å².